The van der Waals surface area contributed by atoms with Gasteiger partial charge in [-0.3, -0.25) is 5.21 Å². The van der Waals surface area contributed by atoms with Crippen molar-refractivity contribution in [3.05, 3.63) is 30.1 Å². The molecule has 1 aromatic carbocycles. The molecule has 0 saturated carbocycles. The standard InChI is InChI=1S/C7H7FN2O2/c8-5-2-1-3-6(4-5)9-7(11)10-12/h1-4,12H,(H2,9,10,11). The third-order valence-corrected chi connectivity index (χ3v) is 1.18. The van der Waals surface area contributed by atoms with E-state index >= 15 is 0 Å². The molecule has 0 saturated heterocycles. The number of urea groups is 1. The highest BCUT2D eigenvalue weighted by molar-refractivity contribution is 5.88. The number of hydroxylamine groups is 1. The van der Waals surface area contributed by atoms with Crippen molar-refractivity contribution in [2.45, 2.75) is 0 Å². The van der Waals surface area contributed by atoms with Crippen LogP contribution in [0.25, 0.3) is 0 Å². The lowest BCUT2D eigenvalue weighted by Crippen LogP contribution is -2.25. The lowest BCUT2D eigenvalue weighted by atomic mass is 10.3. The molecule has 0 atom stereocenters. The molecule has 0 aliphatic heterocycles. The van der Waals surface area contributed by atoms with E-state index in [0.29, 0.717) is 0 Å². The van der Waals surface area contributed by atoms with E-state index in [1.165, 1.54) is 23.7 Å². The Morgan fingerprint density at radius 1 is 1.50 bits per heavy atom. The molecule has 12 heavy (non-hydrogen) atoms. The van der Waals surface area contributed by atoms with Crippen LogP contribution in [0.1, 0.15) is 0 Å². The van der Waals surface area contributed by atoms with Crippen molar-refractivity contribution in [2.75, 3.05) is 5.32 Å². The molecule has 0 aromatic heterocycles. The summed E-state index contributed by atoms with van der Waals surface area (Å²) in [5, 5.41) is 10.3. The average Bonchev–Trinajstić information content (AvgIpc) is 2.04. The molecule has 64 valence electrons. The molecule has 5 heteroatoms. The fourth-order valence-electron chi connectivity index (χ4n) is 0.725. The van der Waals surface area contributed by atoms with Crippen molar-refractivity contribution in [2.24, 2.45) is 0 Å². The molecule has 0 unspecified atom stereocenters. The predicted molar refractivity (Wildman–Crippen MR) is 40.3 cm³/mol. The molecule has 0 spiro atoms. The fraction of sp³-hybridized carbons (Fsp3) is 0. The largest absolute Gasteiger partial charge is 0.342 e. The van der Waals surface area contributed by atoms with Gasteiger partial charge >= 0.3 is 6.03 Å². The summed E-state index contributed by atoms with van der Waals surface area (Å²) in [6.45, 7) is 0. The summed E-state index contributed by atoms with van der Waals surface area (Å²) >= 11 is 0. The van der Waals surface area contributed by atoms with E-state index in [1.807, 2.05) is 0 Å². The van der Waals surface area contributed by atoms with E-state index < -0.39 is 11.8 Å². The normalized spacial score (nSPS) is 9.17. The number of amides is 2. The Morgan fingerprint density at radius 3 is 2.83 bits per heavy atom. The first kappa shape index (κ1) is 8.48. The zero-order valence-electron chi connectivity index (χ0n) is 6.04. The Balaban J connectivity index is 2.69. The van der Waals surface area contributed by atoms with Crippen molar-refractivity contribution in [3.63, 3.8) is 0 Å². The minimum atomic E-state index is -0.805. The smallest absolute Gasteiger partial charge is 0.306 e. The maximum absolute atomic E-state index is 12.5. The molecule has 0 fully saturated rings. The van der Waals surface area contributed by atoms with Gasteiger partial charge in [0.15, 0.2) is 0 Å². The summed E-state index contributed by atoms with van der Waals surface area (Å²) in [7, 11) is 0. The van der Waals surface area contributed by atoms with Gasteiger partial charge in [0.05, 0.1) is 0 Å². The van der Waals surface area contributed by atoms with Gasteiger partial charge in [-0.25, -0.2) is 14.7 Å². The molecule has 0 bridgehead atoms. The maximum Gasteiger partial charge on any atom is 0.342 e. The van der Waals surface area contributed by atoms with E-state index in [2.05, 4.69) is 5.32 Å². The second-order valence-corrected chi connectivity index (χ2v) is 2.08. The number of halogens is 1. The second kappa shape index (κ2) is 3.68. The average molecular weight is 170 g/mol. The molecule has 1 aromatic rings. The van der Waals surface area contributed by atoms with Crippen LogP contribution in [-0.2, 0) is 0 Å². The van der Waals surface area contributed by atoms with E-state index in [-0.39, 0.29) is 5.69 Å². The predicted octanol–water partition coefficient (Wildman–Crippen LogP) is 1.34. The maximum atomic E-state index is 12.5. The zero-order chi connectivity index (χ0) is 8.97. The van der Waals surface area contributed by atoms with Gasteiger partial charge < -0.3 is 5.32 Å². The first-order valence-corrected chi connectivity index (χ1v) is 3.19. The zero-order valence-corrected chi connectivity index (χ0v) is 6.04. The Bertz CT molecular complexity index is 290. The Morgan fingerprint density at radius 2 is 2.25 bits per heavy atom. The molecule has 3 N–H and O–H groups in total. The van der Waals surface area contributed by atoms with Gasteiger partial charge in [-0.15, -0.1) is 0 Å². The van der Waals surface area contributed by atoms with Crippen molar-refractivity contribution in [1.82, 2.24) is 5.48 Å². The lowest BCUT2D eigenvalue weighted by Gasteiger charge is -2.01. The summed E-state index contributed by atoms with van der Waals surface area (Å²) in [4.78, 5) is 10.5. The Hall–Kier alpha value is -1.62. The SMILES string of the molecule is O=C(NO)Nc1cccc(F)c1. The minimum absolute atomic E-state index is 0.279. The fourth-order valence-corrected chi connectivity index (χ4v) is 0.725. The molecule has 1 rings (SSSR count). The van der Waals surface area contributed by atoms with Crippen LogP contribution in [0.2, 0.25) is 0 Å². The highest BCUT2D eigenvalue weighted by atomic mass is 19.1. The summed E-state index contributed by atoms with van der Waals surface area (Å²) < 4.78 is 12.5. The molecule has 0 radical (unpaired) electrons. The third kappa shape index (κ3) is 2.21. The molecular weight excluding hydrogens is 163 g/mol. The topological polar surface area (TPSA) is 61.4 Å². The highest BCUT2D eigenvalue weighted by Gasteiger charge is 1.98. The second-order valence-electron chi connectivity index (χ2n) is 2.08. The number of hydrogen-bond acceptors (Lipinski definition) is 2. The Labute approximate surface area is 68.0 Å². The minimum Gasteiger partial charge on any atom is -0.306 e. The van der Waals surface area contributed by atoms with Crippen LogP contribution in [0.5, 0.6) is 0 Å². The highest BCUT2D eigenvalue weighted by Crippen LogP contribution is 2.08. The summed E-state index contributed by atoms with van der Waals surface area (Å²) in [5.74, 6) is -0.453. The van der Waals surface area contributed by atoms with Gasteiger partial charge in [0, 0.05) is 5.69 Å². The van der Waals surface area contributed by atoms with Crippen LogP contribution >= 0.6 is 0 Å². The third-order valence-electron chi connectivity index (χ3n) is 1.18. The van der Waals surface area contributed by atoms with Crippen molar-refractivity contribution in [1.29, 1.82) is 0 Å². The van der Waals surface area contributed by atoms with E-state index in [9.17, 15) is 9.18 Å². The Kier molecular flexibility index (Phi) is 2.60. The summed E-state index contributed by atoms with van der Waals surface area (Å²) in [6.07, 6.45) is 0. The first-order chi connectivity index (χ1) is 5.72. The quantitative estimate of drug-likeness (QED) is 0.440. The van der Waals surface area contributed by atoms with Crippen LogP contribution in [0.15, 0.2) is 24.3 Å². The molecular formula is C7H7FN2O2. The van der Waals surface area contributed by atoms with Crippen molar-refractivity contribution >= 4 is 11.7 Å². The number of benzene rings is 1. The lowest BCUT2D eigenvalue weighted by molar-refractivity contribution is 0.172. The van der Waals surface area contributed by atoms with Crippen molar-refractivity contribution < 1.29 is 14.4 Å². The van der Waals surface area contributed by atoms with Crippen molar-refractivity contribution in [3.8, 4) is 0 Å². The van der Waals surface area contributed by atoms with Crippen LogP contribution < -0.4 is 10.8 Å². The van der Waals surface area contributed by atoms with Gasteiger partial charge in [0.25, 0.3) is 0 Å². The van der Waals surface area contributed by atoms with Crippen LogP contribution in [0.4, 0.5) is 14.9 Å². The molecule has 0 aliphatic carbocycles. The monoisotopic (exact) mass is 170 g/mol. The number of carbonyl (C=O) groups is 1. The van der Waals surface area contributed by atoms with Gasteiger partial charge in [0.2, 0.25) is 0 Å². The first-order valence-electron chi connectivity index (χ1n) is 3.19. The van der Waals surface area contributed by atoms with E-state index in [1.54, 1.807) is 0 Å². The molecule has 4 nitrogen and oxygen atoms in total. The number of rotatable bonds is 1. The van der Waals surface area contributed by atoms with E-state index in [0.717, 1.165) is 6.07 Å². The number of anilines is 1. The van der Waals surface area contributed by atoms with E-state index in [4.69, 9.17) is 5.21 Å². The van der Waals surface area contributed by atoms with Gasteiger partial charge in [-0.1, -0.05) is 6.07 Å². The number of nitrogens with one attached hydrogen (secondary N) is 2. The van der Waals surface area contributed by atoms with Crippen LogP contribution in [0.3, 0.4) is 0 Å². The van der Waals surface area contributed by atoms with Gasteiger partial charge in [0.1, 0.15) is 5.82 Å². The molecule has 0 heterocycles. The van der Waals surface area contributed by atoms with Crippen LogP contribution in [0, 0.1) is 5.82 Å². The number of hydrogen-bond donors (Lipinski definition) is 3. The van der Waals surface area contributed by atoms with Crippen LogP contribution in [-0.4, -0.2) is 11.2 Å². The molecule has 2 amide bonds. The number of carbonyl (C=O) groups excluding carboxylic acids is 1. The van der Waals surface area contributed by atoms with Gasteiger partial charge in [-0.05, 0) is 18.2 Å². The molecule has 0 aliphatic rings. The van der Waals surface area contributed by atoms with Gasteiger partial charge in [-0.2, -0.15) is 0 Å². The summed E-state index contributed by atoms with van der Waals surface area (Å²) in [6, 6.07) is 4.53. The summed E-state index contributed by atoms with van der Waals surface area (Å²) in [5.41, 5.74) is 1.64.